The van der Waals surface area contributed by atoms with Crippen LogP contribution in [0.25, 0.3) is 0 Å². The lowest BCUT2D eigenvalue weighted by atomic mass is 10.1. The van der Waals surface area contributed by atoms with Crippen LogP contribution in [0.15, 0.2) is 36.4 Å². The zero-order valence-electron chi connectivity index (χ0n) is 12.6. The van der Waals surface area contributed by atoms with Crippen molar-refractivity contribution in [2.45, 2.75) is 20.1 Å². The first-order valence-corrected chi connectivity index (χ1v) is 6.83. The molecule has 2 rings (SSSR count). The van der Waals surface area contributed by atoms with E-state index in [-0.39, 0.29) is 12.4 Å². The van der Waals surface area contributed by atoms with Crippen LogP contribution in [0.1, 0.15) is 16.7 Å². The van der Waals surface area contributed by atoms with Crippen LogP contribution in [-0.2, 0) is 13.2 Å². The van der Waals surface area contributed by atoms with Crippen LogP contribution < -0.4 is 14.8 Å². The van der Waals surface area contributed by atoms with Gasteiger partial charge in [-0.25, -0.2) is 4.39 Å². The maximum Gasteiger partial charge on any atom is 0.133 e. The normalized spacial score (nSPS) is 10.5. The second-order valence-electron chi connectivity index (χ2n) is 4.89. The Bertz CT molecular complexity index is 614. The number of hydrogen-bond donors (Lipinski definition) is 1. The zero-order chi connectivity index (χ0) is 15.2. The van der Waals surface area contributed by atoms with Crippen molar-refractivity contribution in [3.8, 4) is 11.5 Å². The van der Waals surface area contributed by atoms with Gasteiger partial charge < -0.3 is 14.8 Å². The molecule has 0 spiro atoms. The summed E-state index contributed by atoms with van der Waals surface area (Å²) in [6.45, 7) is 2.93. The number of methoxy groups -OCH3 is 1. The Labute approximate surface area is 124 Å². The van der Waals surface area contributed by atoms with E-state index >= 15 is 0 Å². The van der Waals surface area contributed by atoms with Crippen molar-refractivity contribution in [2.24, 2.45) is 0 Å². The molecular weight excluding hydrogens is 269 g/mol. The summed E-state index contributed by atoms with van der Waals surface area (Å²) in [6.07, 6.45) is 0. The highest BCUT2D eigenvalue weighted by atomic mass is 19.1. The van der Waals surface area contributed by atoms with Crippen LogP contribution in [0.5, 0.6) is 11.5 Å². The highest BCUT2D eigenvalue weighted by molar-refractivity contribution is 5.37. The van der Waals surface area contributed by atoms with Gasteiger partial charge in [-0.1, -0.05) is 17.7 Å². The maximum atomic E-state index is 13.9. The number of nitrogens with one attached hydrogen (secondary N) is 1. The lowest BCUT2D eigenvalue weighted by Gasteiger charge is -2.13. The van der Waals surface area contributed by atoms with E-state index in [0.29, 0.717) is 17.9 Å². The summed E-state index contributed by atoms with van der Waals surface area (Å²) in [6, 6.07) is 10.7. The largest absolute Gasteiger partial charge is 0.497 e. The Hall–Kier alpha value is -2.07. The summed E-state index contributed by atoms with van der Waals surface area (Å²) in [4.78, 5) is 0. The van der Waals surface area contributed by atoms with Gasteiger partial charge in [-0.05, 0) is 32.2 Å². The molecule has 2 aromatic carbocycles. The van der Waals surface area contributed by atoms with Crippen molar-refractivity contribution in [1.82, 2.24) is 5.32 Å². The molecule has 21 heavy (non-hydrogen) atoms. The molecule has 0 fully saturated rings. The number of ether oxygens (including phenoxy) is 2. The zero-order valence-corrected chi connectivity index (χ0v) is 12.6. The second-order valence-corrected chi connectivity index (χ2v) is 4.89. The first-order valence-electron chi connectivity index (χ1n) is 6.83. The monoisotopic (exact) mass is 289 g/mol. The predicted octanol–water partition coefficient (Wildman–Crippen LogP) is 3.44. The molecule has 0 radical (unpaired) electrons. The number of aryl methyl sites for hydroxylation is 1. The molecule has 2 aromatic rings. The van der Waals surface area contributed by atoms with E-state index in [2.05, 4.69) is 11.4 Å². The molecule has 0 atom stereocenters. The molecule has 0 aliphatic rings. The Morgan fingerprint density at radius 1 is 1.10 bits per heavy atom. The van der Waals surface area contributed by atoms with Gasteiger partial charge >= 0.3 is 0 Å². The van der Waals surface area contributed by atoms with Gasteiger partial charge in [-0.2, -0.15) is 0 Å². The van der Waals surface area contributed by atoms with Crippen LogP contribution >= 0.6 is 0 Å². The minimum absolute atomic E-state index is 0.190. The quantitative estimate of drug-likeness (QED) is 0.883. The molecule has 4 heteroatoms. The molecule has 0 aliphatic carbocycles. The third kappa shape index (κ3) is 3.95. The Kier molecular flexibility index (Phi) is 5.17. The molecule has 0 amide bonds. The van der Waals surface area contributed by atoms with Gasteiger partial charge in [0.1, 0.15) is 23.9 Å². The summed E-state index contributed by atoms with van der Waals surface area (Å²) >= 11 is 0. The van der Waals surface area contributed by atoms with Gasteiger partial charge in [0, 0.05) is 23.7 Å². The average molecular weight is 289 g/mol. The van der Waals surface area contributed by atoms with E-state index in [9.17, 15) is 4.39 Å². The van der Waals surface area contributed by atoms with Gasteiger partial charge in [-0.15, -0.1) is 0 Å². The Morgan fingerprint density at radius 3 is 2.57 bits per heavy atom. The van der Waals surface area contributed by atoms with E-state index in [1.807, 2.05) is 26.1 Å². The summed E-state index contributed by atoms with van der Waals surface area (Å²) < 4.78 is 24.6. The van der Waals surface area contributed by atoms with Crippen molar-refractivity contribution in [2.75, 3.05) is 14.2 Å². The number of halogens is 1. The molecule has 0 bridgehead atoms. The lowest BCUT2D eigenvalue weighted by Crippen LogP contribution is -2.08. The fourth-order valence-corrected chi connectivity index (χ4v) is 2.11. The first kappa shape index (κ1) is 15.3. The molecule has 0 aliphatic heterocycles. The smallest absolute Gasteiger partial charge is 0.133 e. The highest BCUT2D eigenvalue weighted by Crippen LogP contribution is 2.23. The first-order chi connectivity index (χ1) is 10.1. The van der Waals surface area contributed by atoms with Crippen molar-refractivity contribution >= 4 is 0 Å². The topological polar surface area (TPSA) is 30.5 Å². The van der Waals surface area contributed by atoms with E-state index in [4.69, 9.17) is 9.47 Å². The molecular formula is C17H20FNO2. The van der Waals surface area contributed by atoms with Crippen LogP contribution in [0.4, 0.5) is 4.39 Å². The molecule has 0 aromatic heterocycles. The van der Waals surface area contributed by atoms with Crippen LogP contribution in [0, 0.1) is 12.7 Å². The summed E-state index contributed by atoms with van der Waals surface area (Å²) in [5, 5.41) is 3.11. The number of rotatable bonds is 6. The van der Waals surface area contributed by atoms with Gasteiger partial charge in [0.15, 0.2) is 0 Å². The number of hydrogen-bond acceptors (Lipinski definition) is 3. The molecule has 0 saturated carbocycles. The van der Waals surface area contributed by atoms with Gasteiger partial charge in [0.25, 0.3) is 0 Å². The van der Waals surface area contributed by atoms with E-state index in [0.717, 1.165) is 11.3 Å². The van der Waals surface area contributed by atoms with Gasteiger partial charge in [0.05, 0.1) is 7.11 Å². The third-order valence-corrected chi connectivity index (χ3v) is 3.23. The molecule has 0 heterocycles. The average Bonchev–Trinajstić information content (AvgIpc) is 2.48. The Morgan fingerprint density at radius 2 is 1.90 bits per heavy atom. The van der Waals surface area contributed by atoms with Gasteiger partial charge in [-0.3, -0.25) is 0 Å². The third-order valence-electron chi connectivity index (χ3n) is 3.23. The summed E-state index contributed by atoms with van der Waals surface area (Å²) in [5.74, 6) is 0.948. The summed E-state index contributed by atoms with van der Waals surface area (Å²) in [7, 11) is 3.40. The van der Waals surface area contributed by atoms with Crippen molar-refractivity contribution in [3.63, 3.8) is 0 Å². The molecule has 1 N–H and O–H groups in total. The molecule has 0 saturated heterocycles. The molecule has 112 valence electrons. The minimum Gasteiger partial charge on any atom is -0.497 e. The molecule has 0 unspecified atom stereocenters. The second kappa shape index (κ2) is 7.09. The van der Waals surface area contributed by atoms with Crippen molar-refractivity contribution < 1.29 is 13.9 Å². The van der Waals surface area contributed by atoms with Crippen LogP contribution in [0.2, 0.25) is 0 Å². The summed E-state index contributed by atoms with van der Waals surface area (Å²) in [5.41, 5.74) is 2.74. The predicted molar refractivity (Wildman–Crippen MR) is 81.2 cm³/mol. The Balaban J connectivity index is 2.12. The van der Waals surface area contributed by atoms with Crippen LogP contribution in [0.3, 0.4) is 0 Å². The minimum atomic E-state index is -0.323. The van der Waals surface area contributed by atoms with Gasteiger partial charge in [0.2, 0.25) is 0 Å². The highest BCUT2D eigenvalue weighted by Gasteiger charge is 2.08. The standard InChI is InChI=1S/C17H20FNO2/c1-12-4-7-17(14(8-12)10-19-2)21-11-13-5-6-15(20-3)9-16(13)18/h4-9,19H,10-11H2,1-3H3. The fraction of sp³-hybridized carbons (Fsp3) is 0.294. The van der Waals surface area contributed by atoms with E-state index < -0.39 is 0 Å². The molecule has 3 nitrogen and oxygen atoms in total. The van der Waals surface area contributed by atoms with E-state index in [1.54, 1.807) is 12.1 Å². The lowest BCUT2D eigenvalue weighted by molar-refractivity contribution is 0.295. The van der Waals surface area contributed by atoms with Crippen molar-refractivity contribution in [1.29, 1.82) is 0 Å². The van der Waals surface area contributed by atoms with Crippen molar-refractivity contribution in [3.05, 3.63) is 58.9 Å². The number of benzene rings is 2. The maximum absolute atomic E-state index is 13.9. The van der Waals surface area contributed by atoms with E-state index in [1.165, 1.54) is 18.7 Å². The fourth-order valence-electron chi connectivity index (χ4n) is 2.11. The SMILES string of the molecule is CNCc1cc(C)ccc1OCc1ccc(OC)cc1F. The van der Waals surface area contributed by atoms with Crippen LogP contribution in [-0.4, -0.2) is 14.2 Å².